The summed E-state index contributed by atoms with van der Waals surface area (Å²) in [6, 6.07) is 7.94. The molecular weight excluding hydrogens is 195 g/mol. The molecule has 15 heavy (non-hydrogen) atoms. The average Bonchev–Trinajstić information content (AvgIpc) is 2.20. The molecule has 1 aromatic rings. The minimum Gasteiger partial charge on any atom is -0.463 e. The highest BCUT2D eigenvalue weighted by atomic mass is 19.1. The quantitative estimate of drug-likeness (QED) is 0.554. The van der Waals surface area contributed by atoms with Gasteiger partial charge in [0, 0.05) is 5.57 Å². The summed E-state index contributed by atoms with van der Waals surface area (Å²) in [4.78, 5) is 10.4. The summed E-state index contributed by atoms with van der Waals surface area (Å²) in [6.07, 6.45) is 0. The Morgan fingerprint density at radius 1 is 1.40 bits per heavy atom. The van der Waals surface area contributed by atoms with Crippen molar-refractivity contribution >= 4 is 5.97 Å². The summed E-state index contributed by atoms with van der Waals surface area (Å²) in [7, 11) is 0. The molecule has 0 amide bonds. The van der Waals surface area contributed by atoms with Gasteiger partial charge in [0.25, 0.3) is 0 Å². The second-order valence-corrected chi connectivity index (χ2v) is 2.80. The number of ether oxygens (including phenoxy) is 1. The van der Waals surface area contributed by atoms with Crippen LogP contribution in [0.25, 0.3) is 0 Å². The molecule has 0 bridgehead atoms. The molecule has 3 heteroatoms. The summed E-state index contributed by atoms with van der Waals surface area (Å²) in [5, 5.41) is 0. The molecule has 0 aliphatic carbocycles. The topological polar surface area (TPSA) is 26.3 Å². The van der Waals surface area contributed by atoms with Crippen LogP contribution in [0.2, 0.25) is 0 Å². The predicted octanol–water partition coefficient (Wildman–Crippen LogP) is 2.95. The van der Waals surface area contributed by atoms with Gasteiger partial charge in [-0.05, 0) is 26.0 Å². The van der Waals surface area contributed by atoms with Gasteiger partial charge in [-0.15, -0.1) is 0 Å². The van der Waals surface area contributed by atoms with E-state index in [1.54, 1.807) is 32.0 Å². The summed E-state index contributed by atoms with van der Waals surface area (Å²) in [6.45, 7) is 7.21. The van der Waals surface area contributed by atoms with E-state index < -0.39 is 0 Å². The van der Waals surface area contributed by atoms with E-state index in [-0.39, 0.29) is 11.8 Å². The number of hydrogen-bond acceptors (Lipinski definition) is 2. The first-order valence-corrected chi connectivity index (χ1v) is 4.61. The van der Waals surface area contributed by atoms with Crippen molar-refractivity contribution in [2.75, 3.05) is 6.61 Å². The molecule has 0 aliphatic rings. The molecule has 1 aromatic carbocycles. The van der Waals surface area contributed by atoms with Crippen LogP contribution in [0, 0.1) is 5.82 Å². The van der Waals surface area contributed by atoms with E-state index in [2.05, 4.69) is 11.3 Å². The van der Waals surface area contributed by atoms with Crippen LogP contribution >= 0.6 is 0 Å². The van der Waals surface area contributed by atoms with Gasteiger partial charge >= 0.3 is 5.97 Å². The third-order valence-corrected chi connectivity index (χ3v) is 1.36. The Balaban J connectivity index is 0.000000262. The highest BCUT2D eigenvalue weighted by molar-refractivity contribution is 5.86. The fourth-order valence-corrected chi connectivity index (χ4v) is 0.669. The van der Waals surface area contributed by atoms with Crippen LogP contribution < -0.4 is 0 Å². The summed E-state index contributed by atoms with van der Waals surface area (Å²) >= 11 is 0. The molecular formula is C12H15FO2. The Morgan fingerprint density at radius 3 is 2.13 bits per heavy atom. The Labute approximate surface area is 89.4 Å². The fourth-order valence-electron chi connectivity index (χ4n) is 0.669. The van der Waals surface area contributed by atoms with Crippen LogP contribution in [0.15, 0.2) is 42.5 Å². The van der Waals surface area contributed by atoms with Gasteiger partial charge in [0.1, 0.15) is 5.82 Å². The summed E-state index contributed by atoms with van der Waals surface area (Å²) in [5.74, 6) is -0.491. The Bertz CT molecular complexity index is 307. The number of halogens is 1. The molecule has 0 spiro atoms. The van der Waals surface area contributed by atoms with Crippen LogP contribution in [0.4, 0.5) is 4.39 Å². The van der Waals surface area contributed by atoms with Crippen molar-refractivity contribution in [3.8, 4) is 0 Å². The van der Waals surface area contributed by atoms with E-state index in [0.717, 1.165) is 0 Å². The van der Waals surface area contributed by atoms with Gasteiger partial charge in [0.15, 0.2) is 0 Å². The van der Waals surface area contributed by atoms with Crippen LogP contribution in [0.3, 0.4) is 0 Å². The lowest BCUT2D eigenvalue weighted by molar-refractivity contribution is -0.138. The Hall–Kier alpha value is -1.64. The minimum absolute atomic E-state index is 0.178. The molecule has 0 fully saturated rings. The molecule has 0 aromatic heterocycles. The van der Waals surface area contributed by atoms with Gasteiger partial charge in [-0.3, -0.25) is 0 Å². The van der Waals surface area contributed by atoms with Crippen molar-refractivity contribution < 1.29 is 13.9 Å². The average molecular weight is 210 g/mol. The highest BCUT2D eigenvalue weighted by Gasteiger charge is 1.98. The predicted molar refractivity (Wildman–Crippen MR) is 57.8 cm³/mol. The van der Waals surface area contributed by atoms with E-state index in [0.29, 0.717) is 12.2 Å². The summed E-state index contributed by atoms with van der Waals surface area (Å²) in [5.41, 5.74) is 0.451. The Morgan fingerprint density at radius 2 is 1.93 bits per heavy atom. The minimum atomic E-state index is -0.312. The number of carbonyl (C=O) groups is 1. The standard InChI is InChI=1S/C6H5F.C6H10O2/c7-6-4-2-1-3-5-6;1-4-8-6(7)5(2)3/h1-5H;2,4H2,1,3H3. The van der Waals surface area contributed by atoms with Crippen LogP contribution in [-0.2, 0) is 9.53 Å². The van der Waals surface area contributed by atoms with Crippen molar-refractivity contribution in [1.29, 1.82) is 0 Å². The van der Waals surface area contributed by atoms with E-state index >= 15 is 0 Å². The zero-order valence-corrected chi connectivity index (χ0v) is 9.00. The highest BCUT2D eigenvalue weighted by Crippen LogP contribution is 1.91. The SMILES string of the molecule is C=C(C)C(=O)OCC.Fc1ccccc1. The molecule has 0 heterocycles. The molecule has 0 radical (unpaired) electrons. The van der Waals surface area contributed by atoms with Crippen molar-refractivity contribution in [2.45, 2.75) is 13.8 Å². The third kappa shape index (κ3) is 7.43. The van der Waals surface area contributed by atoms with Crippen LogP contribution in [0.5, 0.6) is 0 Å². The normalized spacial score (nSPS) is 8.47. The molecule has 0 aliphatic heterocycles. The van der Waals surface area contributed by atoms with Gasteiger partial charge in [0.2, 0.25) is 0 Å². The molecule has 0 unspecified atom stereocenters. The molecule has 1 rings (SSSR count). The molecule has 0 saturated carbocycles. The maximum Gasteiger partial charge on any atom is 0.333 e. The number of rotatable bonds is 2. The van der Waals surface area contributed by atoms with Gasteiger partial charge in [-0.2, -0.15) is 0 Å². The first-order valence-electron chi connectivity index (χ1n) is 4.61. The molecule has 0 atom stereocenters. The van der Waals surface area contributed by atoms with E-state index in [4.69, 9.17) is 0 Å². The van der Waals surface area contributed by atoms with Crippen molar-refractivity contribution in [1.82, 2.24) is 0 Å². The lowest BCUT2D eigenvalue weighted by Crippen LogP contribution is -2.03. The zero-order chi connectivity index (χ0) is 11.7. The molecule has 82 valence electrons. The van der Waals surface area contributed by atoms with Crippen molar-refractivity contribution in [3.63, 3.8) is 0 Å². The second kappa shape index (κ2) is 7.74. The van der Waals surface area contributed by atoms with Gasteiger partial charge in [0.05, 0.1) is 6.61 Å². The molecule has 2 nitrogen and oxygen atoms in total. The fraction of sp³-hybridized carbons (Fsp3) is 0.250. The van der Waals surface area contributed by atoms with Crippen molar-refractivity contribution in [2.24, 2.45) is 0 Å². The lowest BCUT2D eigenvalue weighted by atomic mass is 10.4. The number of carbonyl (C=O) groups excluding carboxylic acids is 1. The molecule has 0 N–H and O–H groups in total. The Kier molecular flexibility index (Phi) is 6.89. The first kappa shape index (κ1) is 13.4. The maximum atomic E-state index is 11.9. The van der Waals surface area contributed by atoms with E-state index in [9.17, 15) is 9.18 Å². The smallest absolute Gasteiger partial charge is 0.333 e. The summed E-state index contributed by atoms with van der Waals surface area (Å²) < 4.78 is 16.5. The number of esters is 1. The van der Waals surface area contributed by atoms with Crippen LogP contribution in [0.1, 0.15) is 13.8 Å². The van der Waals surface area contributed by atoms with Crippen molar-refractivity contribution in [3.05, 3.63) is 48.3 Å². The van der Waals surface area contributed by atoms with E-state index in [1.165, 1.54) is 12.1 Å². The maximum absolute atomic E-state index is 11.9. The molecule has 0 saturated heterocycles. The van der Waals surface area contributed by atoms with Gasteiger partial charge in [-0.1, -0.05) is 24.8 Å². The number of hydrogen-bond donors (Lipinski definition) is 0. The van der Waals surface area contributed by atoms with Gasteiger partial charge in [-0.25, -0.2) is 9.18 Å². The second-order valence-electron chi connectivity index (χ2n) is 2.80. The van der Waals surface area contributed by atoms with E-state index in [1.807, 2.05) is 0 Å². The lowest BCUT2D eigenvalue weighted by Gasteiger charge is -1.96. The number of benzene rings is 1. The van der Waals surface area contributed by atoms with Gasteiger partial charge < -0.3 is 4.74 Å². The third-order valence-electron chi connectivity index (χ3n) is 1.36. The van der Waals surface area contributed by atoms with Crippen LogP contribution in [-0.4, -0.2) is 12.6 Å². The first-order chi connectivity index (χ1) is 7.07. The largest absolute Gasteiger partial charge is 0.463 e. The zero-order valence-electron chi connectivity index (χ0n) is 9.00. The monoisotopic (exact) mass is 210 g/mol.